The lowest BCUT2D eigenvalue weighted by atomic mass is 9.91. The van der Waals surface area contributed by atoms with Crippen LogP contribution in [0.3, 0.4) is 0 Å². The van der Waals surface area contributed by atoms with Gasteiger partial charge in [-0.25, -0.2) is 8.78 Å². The third kappa shape index (κ3) is 3.06. The fourth-order valence-corrected chi connectivity index (χ4v) is 5.32. The van der Waals surface area contributed by atoms with Crippen LogP contribution in [0.4, 0.5) is 8.78 Å². The largest absolute Gasteiger partial charge is 0.360 e. The normalized spacial score (nSPS) is 21.5. The number of fused-ring (bicyclic) bond motifs is 1. The molecule has 154 valence electrons. The molecule has 7 heteroatoms. The fraction of sp³-hybridized carbons (Fsp3) is 0.545. The highest BCUT2D eigenvalue weighted by molar-refractivity contribution is 5.87. The lowest BCUT2D eigenvalue weighted by Crippen LogP contribution is -2.58. The molecule has 0 bridgehead atoms. The minimum absolute atomic E-state index is 0.208. The van der Waals surface area contributed by atoms with Crippen molar-refractivity contribution < 1.29 is 18.1 Å². The van der Waals surface area contributed by atoms with E-state index in [1.165, 1.54) is 6.07 Å². The number of rotatable bonds is 3. The van der Waals surface area contributed by atoms with E-state index in [4.69, 9.17) is 4.52 Å². The van der Waals surface area contributed by atoms with Crippen molar-refractivity contribution in [2.45, 2.75) is 57.0 Å². The van der Waals surface area contributed by atoms with Crippen LogP contribution in [0.1, 0.15) is 49.8 Å². The van der Waals surface area contributed by atoms with E-state index in [1.54, 1.807) is 0 Å². The predicted octanol–water partition coefficient (Wildman–Crippen LogP) is 3.91. The van der Waals surface area contributed by atoms with Crippen LogP contribution in [-0.4, -0.2) is 46.0 Å². The standard InChI is InChI=1S/C22H25F2N3O2/c23-17-6-5-15(13-18(17)24)20-16-14-26(12-7-19(16)29-25-20)21(28)22(8-1-2-9-22)27-10-3-4-11-27/h5-6,13H,1-4,7-12,14H2. The van der Waals surface area contributed by atoms with Gasteiger partial charge in [0.1, 0.15) is 17.0 Å². The molecule has 1 saturated heterocycles. The number of hydrogen-bond acceptors (Lipinski definition) is 4. The Morgan fingerprint density at radius 1 is 1.03 bits per heavy atom. The second-order valence-electron chi connectivity index (χ2n) is 8.47. The van der Waals surface area contributed by atoms with E-state index in [0.717, 1.165) is 75.1 Å². The number of halogens is 2. The third-order valence-electron chi connectivity index (χ3n) is 6.85. The van der Waals surface area contributed by atoms with Crippen molar-refractivity contribution >= 4 is 5.91 Å². The molecule has 1 saturated carbocycles. The highest BCUT2D eigenvalue weighted by Crippen LogP contribution is 2.40. The van der Waals surface area contributed by atoms with Gasteiger partial charge in [-0.3, -0.25) is 9.69 Å². The van der Waals surface area contributed by atoms with Gasteiger partial charge in [-0.1, -0.05) is 18.0 Å². The van der Waals surface area contributed by atoms with E-state index < -0.39 is 11.6 Å². The van der Waals surface area contributed by atoms with Crippen molar-refractivity contribution in [1.82, 2.24) is 15.0 Å². The van der Waals surface area contributed by atoms with Crippen molar-refractivity contribution in [2.24, 2.45) is 0 Å². The van der Waals surface area contributed by atoms with Crippen LogP contribution in [0.15, 0.2) is 22.7 Å². The van der Waals surface area contributed by atoms with Crippen LogP contribution in [0, 0.1) is 11.6 Å². The van der Waals surface area contributed by atoms with Gasteiger partial charge >= 0.3 is 0 Å². The molecule has 0 atom stereocenters. The maximum atomic E-state index is 13.7. The molecule has 1 aromatic heterocycles. The van der Waals surface area contributed by atoms with E-state index in [2.05, 4.69) is 10.1 Å². The second kappa shape index (κ2) is 7.20. The van der Waals surface area contributed by atoms with Crippen LogP contribution in [0.5, 0.6) is 0 Å². The summed E-state index contributed by atoms with van der Waals surface area (Å²) in [5, 5.41) is 4.11. The fourth-order valence-electron chi connectivity index (χ4n) is 5.32. The highest BCUT2D eigenvalue weighted by Gasteiger charge is 2.49. The van der Waals surface area contributed by atoms with Crippen LogP contribution >= 0.6 is 0 Å². The summed E-state index contributed by atoms with van der Waals surface area (Å²) >= 11 is 0. The van der Waals surface area contributed by atoms with Crippen molar-refractivity contribution in [1.29, 1.82) is 0 Å². The molecular formula is C22H25F2N3O2. The summed E-state index contributed by atoms with van der Waals surface area (Å²) in [4.78, 5) is 18.0. The average Bonchev–Trinajstić information content (AvgIpc) is 3.49. The number of aromatic nitrogens is 1. The van der Waals surface area contributed by atoms with Crippen molar-refractivity contribution in [3.05, 3.63) is 41.2 Å². The number of carbonyl (C=O) groups is 1. The van der Waals surface area contributed by atoms with Gasteiger partial charge in [0.15, 0.2) is 11.6 Å². The smallest absolute Gasteiger partial charge is 0.243 e. The summed E-state index contributed by atoms with van der Waals surface area (Å²) in [5.74, 6) is -0.867. The average molecular weight is 401 g/mol. The molecule has 0 radical (unpaired) electrons. The molecule has 3 aliphatic rings. The molecule has 0 spiro atoms. The zero-order valence-corrected chi connectivity index (χ0v) is 16.4. The monoisotopic (exact) mass is 401 g/mol. The van der Waals surface area contributed by atoms with Gasteiger partial charge in [0.25, 0.3) is 0 Å². The van der Waals surface area contributed by atoms with Crippen molar-refractivity contribution in [3.63, 3.8) is 0 Å². The molecule has 5 nitrogen and oxygen atoms in total. The number of carbonyl (C=O) groups excluding carboxylic acids is 1. The molecule has 0 unspecified atom stereocenters. The lowest BCUT2D eigenvalue weighted by Gasteiger charge is -2.41. The SMILES string of the molecule is O=C(N1CCc2onc(-c3ccc(F)c(F)c3)c2C1)C1(N2CCCC2)CCCC1. The number of benzene rings is 1. The number of likely N-dealkylation sites (tertiary alicyclic amines) is 1. The Bertz CT molecular complexity index is 930. The first-order valence-electron chi connectivity index (χ1n) is 10.6. The van der Waals surface area contributed by atoms with E-state index in [9.17, 15) is 13.6 Å². The van der Waals surface area contributed by atoms with Gasteiger partial charge in [-0.05, 0) is 57.0 Å². The molecule has 3 heterocycles. The van der Waals surface area contributed by atoms with E-state index in [1.807, 2.05) is 4.90 Å². The predicted molar refractivity (Wildman–Crippen MR) is 103 cm³/mol. The summed E-state index contributed by atoms with van der Waals surface area (Å²) < 4.78 is 32.5. The molecule has 1 aliphatic carbocycles. The number of amides is 1. The Labute approximate surface area is 168 Å². The molecule has 2 aliphatic heterocycles. The summed E-state index contributed by atoms with van der Waals surface area (Å²) in [6.45, 7) is 3.01. The lowest BCUT2D eigenvalue weighted by molar-refractivity contribution is -0.145. The molecule has 1 aromatic carbocycles. The van der Waals surface area contributed by atoms with Gasteiger partial charge in [0.05, 0.1) is 6.54 Å². The summed E-state index contributed by atoms with van der Waals surface area (Å²) in [5.41, 5.74) is 1.41. The summed E-state index contributed by atoms with van der Waals surface area (Å²) in [7, 11) is 0. The quantitative estimate of drug-likeness (QED) is 0.782. The minimum atomic E-state index is -0.915. The van der Waals surface area contributed by atoms with Gasteiger partial charge in [0, 0.05) is 24.1 Å². The zero-order chi connectivity index (χ0) is 20.0. The van der Waals surface area contributed by atoms with Crippen molar-refractivity contribution in [2.75, 3.05) is 19.6 Å². The Morgan fingerprint density at radius 2 is 1.79 bits per heavy atom. The van der Waals surface area contributed by atoms with Gasteiger partial charge in [-0.15, -0.1) is 0 Å². The Balaban J connectivity index is 1.44. The molecule has 0 N–H and O–H groups in total. The zero-order valence-electron chi connectivity index (χ0n) is 16.4. The van der Waals surface area contributed by atoms with E-state index in [0.29, 0.717) is 30.8 Å². The second-order valence-corrected chi connectivity index (χ2v) is 8.47. The maximum Gasteiger partial charge on any atom is 0.243 e. The van der Waals surface area contributed by atoms with Gasteiger partial charge in [0.2, 0.25) is 5.91 Å². The first-order chi connectivity index (χ1) is 14.1. The Kier molecular flexibility index (Phi) is 4.65. The first-order valence-corrected chi connectivity index (χ1v) is 10.6. The Hall–Kier alpha value is -2.28. The topological polar surface area (TPSA) is 49.6 Å². The first kappa shape index (κ1) is 18.7. The summed E-state index contributed by atoms with van der Waals surface area (Å²) in [6, 6.07) is 3.73. The number of hydrogen-bond donors (Lipinski definition) is 0. The van der Waals surface area contributed by atoms with E-state index in [-0.39, 0.29) is 11.4 Å². The number of nitrogens with zero attached hydrogens (tertiary/aromatic N) is 3. The molecule has 2 aromatic rings. The Morgan fingerprint density at radius 3 is 2.52 bits per heavy atom. The molecule has 1 amide bonds. The molecular weight excluding hydrogens is 376 g/mol. The van der Waals surface area contributed by atoms with Crippen LogP contribution < -0.4 is 0 Å². The molecule has 2 fully saturated rings. The minimum Gasteiger partial charge on any atom is -0.360 e. The summed E-state index contributed by atoms with van der Waals surface area (Å²) in [6.07, 6.45) is 6.94. The third-order valence-corrected chi connectivity index (χ3v) is 6.85. The maximum absolute atomic E-state index is 13.7. The van der Waals surface area contributed by atoms with E-state index >= 15 is 0 Å². The molecule has 5 rings (SSSR count). The van der Waals surface area contributed by atoms with Crippen LogP contribution in [0.25, 0.3) is 11.3 Å². The van der Waals surface area contributed by atoms with Crippen molar-refractivity contribution in [3.8, 4) is 11.3 Å². The van der Waals surface area contributed by atoms with Gasteiger partial charge < -0.3 is 9.42 Å². The van der Waals surface area contributed by atoms with Crippen LogP contribution in [0.2, 0.25) is 0 Å². The van der Waals surface area contributed by atoms with Gasteiger partial charge in [-0.2, -0.15) is 0 Å². The highest BCUT2D eigenvalue weighted by atomic mass is 19.2. The molecule has 29 heavy (non-hydrogen) atoms. The van der Waals surface area contributed by atoms with Crippen LogP contribution in [-0.2, 0) is 17.8 Å².